The zero-order valence-electron chi connectivity index (χ0n) is 13.2. The molecule has 1 heterocycles. The number of benzene rings is 2. The van der Waals surface area contributed by atoms with Gasteiger partial charge >= 0.3 is 0 Å². The Labute approximate surface area is 137 Å². The van der Waals surface area contributed by atoms with Gasteiger partial charge in [0, 0.05) is 17.9 Å². The standard InChI is InChI=1S/C18H21NO3S/c1-23(20,21)22-14-6-13-19-17-9-4-2-7-15(17)11-12-16-8-3-5-10-18(16)19/h2-5,7-10H,6,11-14H2,1H3. The molecule has 0 saturated heterocycles. The van der Waals surface area contributed by atoms with Gasteiger partial charge in [-0.05, 0) is 42.5 Å². The Kier molecular flexibility index (Phi) is 4.68. The molecule has 4 nitrogen and oxygen atoms in total. The van der Waals surface area contributed by atoms with E-state index < -0.39 is 10.1 Å². The highest BCUT2D eigenvalue weighted by atomic mass is 32.2. The third-order valence-electron chi connectivity index (χ3n) is 4.05. The molecular weight excluding hydrogens is 310 g/mol. The van der Waals surface area contributed by atoms with Crippen molar-refractivity contribution in [2.24, 2.45) is 0 Å². The van der Waals surface area contributed by atoms with Gasteiger partial charge in [0.1, 0.15) is 0 Å². The number of hydrogen-bond acceptors (Lipinski definition) is 4. The van der Waals surface area contributed by atoms with Crippen LogP contribution in [0.15, 0.2) is 48.5 Å². The summed E-state index contributed by atoms with van der Waals surface area (Å²) in [7, 11) is -3.37. The largest absolute Gasteiger partial charge is 0.341 e. The molecule has 2 aromatic carbocycles. The van der Waals surface area contributed by atoms with Crippen molar-refractivity contribution in [2.45, 2.75) is 19.3 Å². The molecule has 122 valence electrons. The van der Waals surface area contributed by atoms with Crippen LogP contribution in [0, 0.1) is 0 Å². The highest BCUT2D eigenvalue weighted by Crippen LogP contribution is 2.35. The Morgan fingerprint density at radius 3 is 2.00 bits per heavy atom. The molecule has 0 fully saturated rings. The Morgan fingerprint density at radius 2 is 1.48 bits per heavy atom. The van der Waals surface area contributed by atoms with E-state index >= 15 is 0 Å². The van der Waals surface area contributed by atoms with Crippen molar-refractivity contribution in [2.75, 3.05) is 24.3 Å². The average molecular weight is 331 g/mol. The summed E-state index contributed by atoms with van der Waals surface area (Å²) in [5.74, 6) is 0. The second-order valence-electron chi connectivity index (χ2n) is 5.79. The van der Waals surface area contributed by atoms with E-state index in [1.54, 1.807) is 0 Å². The van der Waals surface area contributed by atoms with E-state index in [1.165, 1.54) is 22.5 Å². The van der Waals surface area contributed by atoms with Crippen molar-refractivity contribution in [3.63, 3.8) is 0 Å². The van der Waals surface area contributed by atoms with Crippen LogP contribution in [0.5, 0.6) is 0 Å². The Morgan fingerprint density at radius 1 is 0.957 bits per heavy atom. The highest BCUT2D eigenvalue weighted by Gasteiger charge is 2.19. The molecule has 23 heavy (non-hydrogen) atoms. The van der Waals surface area contributed by atoms with E-state index in [2.05, 4.69) is 41.3 Å². The molecule has 0 radical (unpaired) electrons. The van der Waals surface area contributed by atoms with Crippen LogP contribution in [-0.2, 0) is 27.1 Å². The van der Waals surface area contributed by atoms with Crippen molar-refractivity contribution in [3.8, 4) is 0 Å². The first-order chi connectivity index (χ1) is 11.0. The van der Waals surface area contributed by atoms with E-state index in [9.17, 15) is 8.42 Å². The number of hydrogen-bond donors (Lipinski definition) is 0. The van der Waals surface area contributed by atoms with Gasteiger partial charge in [0.2, 0.25) is 0 Å². The Bertz CT molecular complexity index is 739. The SMILES string of the molecule is CS(=O)(=O)OCCCN1c2ccccc2CCc2ccccc21. The lowest BCUT2D eigenvalue weighted by Gasteiger charge is -2.26. The van der Waals surface area contributed by atoms with Crippen LogP contribution in [0.3, 0.4) is 0 Å². The highest BCUT2D eigenvalue weighted by molar-refractivity contribution is 7.85. The molecule has 0 bridgehead atoms. The van der Waals surface area contributed by atoms with Crippen LogP contribution < -0.4 is 4.90 Å². The summed E-state index contributed by atoms with van der Waals surface area (Å²) in [5, 5.41) is 0. The van der Waals surface area contributed by atoms with E-state index in [1.807, 2.05) is 12.1 Å². The number of fused-ring (bicyclic) bond motifs is 2. The zero-order chi connectivity index (χ0) is 16.3. The topological polar surface area (TPSA) is 46.6 Å². The van der Waals surface area contributed by atoms with Crippen LogP contribution in [-0.4, -0.2) is 27.8 Å². The van der Waals surface area contributed by atoms with E-state index in [0.717, 1.165) is 25.6 Å². The first-order valence-corrected chi connectivity index (χ1v) is 9.64. The minimum absolute atomic E-state index is 0.208. The van der Waals surface area contributed by atoms with Crippen LogP contribution in [0.2, 0.25) is 0 Å². The Balaban J connectivity index is 1.85. The predicted octanol–water partition coefficient (Wildman–Crippen LogP) is 3.29. The van der Waals surface area contributed by atoms with Gasteiger partial charge in [0.25, 0.3) is 10.1 Å². The second-order valence-corrected chi connectivity index (χ2v) is 7.43. The lowest BCUT2D eigenvalue weighted by molar-refractivity contribution is 0.318. The Hall–Kier alpha value is -1.85. The predicted molar refractivity (Wildman–Crippen MR) is 92.7 cm³/mol. The maximum atomic E-state index is 11.1. The number of aryl methyl sites for hydroxylation is 2. The van der Waals surface area contributed by atoms with E-state index in [-0.39, 0.29) is 6.61 Å². The third-order valence-corrected chi connectivity index (χ3v) is 4.65. The molecule has 0 amide bonds. The first kappa shape index (κ1) is 16.0. The van der Waals surface area contributed by atoms with Crippen LogP contribution in [0.1, 0.15) is 17.5 Å². The molecule has 5 heteroatoms. The normalized spacial score (nSPS) is 14.0. The van der Waals surface area contributed by atoms with Gasteiger partial charge in [0.15, 0.2) is 0 Å². The fourth-order valence-electron chi connectivity index (χ4n) is 3.04. The summed E-state index contributed by atoms with van der Waals surface area (Å²) >= 11 is 0. The monoisotopic (exact) mass is 331 g/mol. The fourth-order valence-corrected chi connectivity index (χ4v) is 3.46. The number of para-hydroxylation sites is 2. The van der Waals surface area contributed by atoms with Crippen molar-refractivity contribution < 1.29 is 12.6 Å². The summed E-state index contributed by atoms with van der Waals surface area (Å²) in [6.07, 6.45) is 3.77. The summed E-state index contributed by atoms with van der Waals surface area (Å²) in [6.45, 7) is 0.934. The van der Waals surface area contributed by atoms with Gasteiger partial charge in [-0.1, -0.05) is 36.4 Å². The molecular formula is C18H21NO3S. The van der Waals surface area contributed by atoms with Crippen LogP contribution in [0.25, 0.3) is 0 Å². The van der Waals surface area contributed by atoms with Crippen molar-refractivity contribution in [3.05, 3.63) is 59.7 Å². The molecule has 0 unspecified atom stereocenters. The van der Waals surface area contributed by atoms with Crippen LogP contribution in [0.4, 0.5) is 11.4 Å². The summed E-state index contributed by atoms with van der Waals surface area (Å²) in [5.41, 5.74) is 5.06. The number of rotatable bonds is 5. The smallest absolute Gasteiger partial charge is 0.264 e. The quantitative estimate of drug-likeness (QED) is 0.623. The van der Waals surface area contributed by atoms with Gasteiger partial charge in [-0.2, -0.15) is 8.42 Å². The fraction of sp³-hybridized carbons (Fsp3) is 0.333. The van der Waals surface area contributed by atoms with Gasteiger partial charge in [0.05, 0.1) is 12.9 Å². The van der Waals surface area contributed by atoms with E-state index in [0.29, 0.717) is 6.42 Å². The van der Waals surface area contributed by atoms with Crippen molar-refractivity contribution in [1.29, 1.82) is 0 Å². The molecule has 0 saturated carbocycles. The minimum Gasteiger partial charge on any atom is -0.341 e. The van der Waals surface area contributed by atoms with Gasteiger partial charge in [-0.3, -0.25) is 4.18 Å². The lowest BCUT2D eigenvalue weighted by atomic mass is 10.0. The summed E-state index contributed by atoms with van der Waals surface area (Å²) in [6, 6.07) is 16.8. The molecule has 0 aromatic heterocycles. The minimum atomic E-state index is -3.37. The third kappa shape index (κ3) is 3.92. The number of nitrogens with zero attached hydrogens (tertiary/aromatic N) is 1. The van der Waals surface area contributed by atoms with Gasteiger partial charge in [-0.15, -0.1) is 0 Å². The number of anilines is 2. The van der Waals surface area contributed by atoms with Crippen molar-refractivity contribution >= 4 is 21.5 Å². The molecule has 0 N–H and O–H groups in total. The average Bonchev–Trinajstić information content (AvgIpc) is 2.68. The summed E-state index contributed by atoms with van der Waals surface area (Å²) in [4.78, 5) is 2.28. The first-order valence-electron chi connectivity index (χ1n) is 7.82. The van der Waals surface area contributed by atoms with Crippen molar-refractivity contribution in [1.82, 2.24) is 0 Å². The summed E-state index contributed by atoms with van der Waals surface area (Å²) < 4.78 is 27.1. The van der Waals surface area contributed by atoms with Gasteiger partial charge in [-0.25, -0.2) is 0 Å². The molecule has 1 aliphatic heterocycles. The van der Waals surface area contributed by atoms with Crippen LogP contribution >= 0.6 is 0 Å². The molecule has 0 spiro atoms. The maximum Gasteiger partial charge on any atom is 0.264 e. The maximum absolute atomic E-state index is 11.1. The molecule has 1 aliphatic rings. The zero-order valence-corrected chi connectivity index (χ0v) is 14.1. The van der Waals surface area contributed by atoms with E-state index in [4.69, 9.17) is 4.18 Å². The molecule has 0 atom stereocenters. The second kappa shape index (κ2) is 6.72. The molecule has 2 aromatic rings. The molecule has 3 rings (SSSR count). The van der Waals surface area contributed by atoms with Gasteiger partial charge < -0.3 is 4.90 Å². The lowest BCUT2D eigenvalue weighted by Crippen LogP contribution is -2.21. The molecule has 0 aliphatic carbocycles.